The van der Waals surface area contributed by atoms with Crippen LogP contribution in [-0.4, -0.2) is 79.4 Å². The van der Waals surface area contributed by atoms with Crippen molar-refractivity contribution in [2.24, 2.45) is 39.8 Å². The van der Waals surface area contributed by atoms with Gasteiger partial charge in [0.1, 0.15) is 0 Å². The molecule has 0 unspecified atom stereocenters. The number of guanidine groups is 2. The number of allylic oxidation sites excluding steroid dienone is 2. The van der Waals surface area contributed by atoms with Gasteiger partial charge in [0.2, 0.25) is 11.8 Å². The standard InChI is InChI=1S/C44H72N14O3S2/c1-27(36(62-21-17-45)33(15-16-43(2,3)4)56-39(60)31(47)13-9-19-53-41(49)50)55-26-28-11-8-12-29(23-28)38(59)57-34-24-30(44(5,6)7)25-35(37(34)63-22-18-46)58-40(61)32(48)14-10-20-54-42(51)52/h8,11-12,15-16,23-25,31-32,55H,1,9-10,13-14,17-22,26,45-48H2,2-7H3,(H,56,60)(H,57,59)(H,58,61)(H4,49,50,53)(H4,51,52,54)/b16-15+,36-33-/t31-,32-/m0/s1. The van der Waals surface area contributed by atoms with E-state index in [-0.39, 0.29) is 40.5 Å². The van der Waals surface area contributed by atoms with Gasteiger partial charge in [0.15, 0.2) is 11.9 Å². The molecule has 0 aliphatic carbocycles. The molecule has 0 spiro atoms. The van der Waals surface area contributed by atoms with Crippen molar-refractivity contribution in [2.45, 2.75) is 96.2 Å². The molecule has 0 bridgehead atoms. The first-order chi connectivity index (χ1) is 29.6. The third-order valence-electron chi connectivity index (χ3n) is 9.10. The number of benzene rings is 2. The van der Waals surface area contributed by atoms with Crippen molar-refractivity contribution in [1.82, 2.24) is 21.3 Å². The van der Waals surface area contributed by atoms with Gasteiger partial charge in [-0.05, 0) is 78.0 Å². The predicted molar refractivity (Wildman–Crippen MR) is 263 cm³/mol. The van der Waals surface area contributed by atoms with E-state index >= 15 is 0 Å². The lowest BCUT2D eigenvalue weighted by Gasteiger charge is -2.25. The second kappa shape index (κ2) is 26.5. The van der Waals surface area contributed by atoms with Gasteiger partial charge in [-0.15, -0.1) is 23.5 Å². The van der Waals surface area contributed by atoms with Gasteiger partial charge in [-0.2, -0.15) is 0 Å². The molecule has 17 nitrogen and oxygen atoms in total. The van der Waals surface area contributed by atoms with E-state index in [1.54, 1.807) is 18.2 Å². The molecule has 0 aromatic heterocycles. The summed E-state index contributed by atoms with van der Waals surface area (Å²) in [6.45, 7) is 18.5. The Kier molecular flexibility index (Phi) is 22.8. The molecule has 2 rings (SSSR count). The summed E-state index contributed by atoms with van der Waals surface area (Å²) < 4.78 is 0. The number of carbonyl (C=O) groups is 3. The quantitative estimate of drug-likeness (QED) is 0.0223. The summed E-state index contributed by atoms with van der Waals surface area (Å²) >= 11 is 2.87. The van der Waals surface area contributed by atoms with Crippen LogP contribution in [0, 0.1) is 16.2 Å². The molecule has 0 fully saturated rings. The van der Waals surface area contributed by atoms with E-state index in [9.17, 15) is 14.4 Å². The monoisotopic (exact) mass is 909 g/mol. The Morgan fingerprint density at radius 1 is 0.810 bits per heavy atom. The number of hydrogen-bond acceptors (Lipinski definition) is 12. The molecule has 19 heteroatoms. The van der Waals surface area contributed by atoms with Gasteiger partial charge in [0.25, 0.3) is 5.91 Å². The lowest BCUT2D eigenvalue weighted by Crippen LogP contribution is -2.41. The minimum absolute atomic E-state index is 0.143. The van der Waals surface area contributed by atoms with Crippen molar-refractivity contribution >= 4 is 64.5 Å². The van der Waals surface area contributed by atoms with E-state index in [2.05, 4.69) is 59.3 Å². The molecule has 348 valence electrons. The summed E-state index contributed by atoms with van der Waals surface area (Å²) in [5, 5.41) is 32.6. The number of nitrogens with one attached hydrogen (secondary N) is 8. The fraction of sp³-hybridized carbons (Fsp3) is 0.477. The summed E-state index contributed by atoms with van der Waals surface area (Å²) in [6, 6.07) is 9.42. The topological polar surface area (TPSA) is 327 Å². The van der Waals surface area contributed by atoms with Crippen LogP contribution in [0.1, 0.15) is 88.7 Å². The van der Waals surface area contributed by atoms with Crippen LogP contribution in [0.15, 0.2) is 76.3 Å². The minimum atomic E-state index is -0.817. The Morgan fingerprint density at radius 2 is 1.38 bits per heavy atom. The molecule has 2 atom stereocenters. The molecular formula is C44H72N14O3S2. The Bertz CT molecular complexity index is 1960. The van der Waals surface area contributed by atoms with Crippen LogP contribution in [0.25, 0.3) is 0 Å². The van der Waals surface area contributed by atoms with Crippen LogP contribution >= 0.6 is 23.5 Å². The Hall–Kier alpha value is -5.05. The molecular weight excluding hydrogens is 837 g/mol. The highest BCUT2D eigenvalue weighted by molar-refractivity contribution is 8.03. The summed E-state index contributed by atoms with van der Waals surface area (Å²) in [5.41, 5.74) is 38.8. The SMILES string of the molecule is C=C(NCc1cccc(C(=O)Nc2cc(C(C)(C)C)cc(NC(=O)[C@@H](N)CCCNC(=N)N)c2SCCN)c1)/C(SCCN)=C(\C=C\C(C)(C)C)NC(=O)[C@@H](N)CCCNC(=N)N. The van der Waals surface area contributed by atoms with E-state index in [0.717, 1.165) is 11.1 Å². The second-order valence-corrected chi connectivity index (χ2v) is 19.2. The van der Waals surface area contributed by atoms with Gasteiger partial charge in [-0.25, -0.2) is 0 Å². The highest BCUT2D eigenvalue weighted by atomic mass is 32.2. The summed E-state index contributed by atoms with van der Waals surface area (Å²) in [7, 11) is 0. The number of hydrogen-bond donors (Lipinski definition) is 14. The molecule has 0 aliphatic rings. The summed E-state index contributed by atoms with van der Waals surface area (Å²) in [6.07, 6.45) is 5.67. The van der Waals surface area contributed by atoms with Crippen LogP contribution < -0.4 is 66.3 Å². The second-order valence-electron chi connectivity index (χ2n) is 17.0. The first-order valence-electron chi connectivity index (χ1n) is 21.0. The fourth-order valence-electron chi connectivity index (χ4n) is 5.67. The normalized spacial score (nSPS) is 13.0. The number of thioether (sulfide) groups is 2. The van der Waals surface area contributed by atoms with Gasteiger partial charge < -0.3 is 66.3 Å². The van der Waals surface area contributed by atoms with Crippen molar-refractivity contribution in [1.29, 1.82) is 10.8 Å². The van der Waals surface area contributed by atoms with Crippen LogP contribution in [-0.2, 0) is 21.5 Å². The van der Waals surface area contributed by atoms with Gasteiger partial charge in [0.05, 0.1) is 39.0 Å². The lowest BCUT2D eigenvalue weighted by atomic mass is 9.86. The molecule has 2 aromatic carbocycles. The van der Waals surface area contributed by atoms with Crippen molar-refractivity contribution in [3.63, 3.8) is 0 Å². The van der Waals surface area contributed by atoms with Crippen molar-refractivity contribution < 1.29 is 14.4 Å². The zero-order valence-corrected chi connectivity index (χ0v) is 39.4. The van der Waals surface area contributed by atoms with Crippen LogP contribution in [0.3, 0.4) is 0 Å². The number of rotatable bonds is 25. The highest BCUT2D eigenvalue weighted by Crippen LogP contribution is 2.39. The van der Waals surface area contributed by atoms with Crippen molar-refractivity contribution in [3.05, 3.63) is 88.1 Å². The zero-order chi connectivity index (χ0) is 47.3. The highest BCUT2D eigenvalue weighted by Gasteiger charge is 2.24. The Labute approximate surface area is 382 Å². The summed E-state index contributed by atoms with van der Waals surface area (Å²) in [5.74, 6) is -0.311. The smallest absolute Gasteiger partial charge is 0.255 e. The first-order valence-corrected chi connectivity index (χ1v) is 22.9. The van der Waals surface area contributed by atoms with Crippen LogP contribution in [0.4, 0.5) is 11.4 Å². The lowest BCUT2D eigenvalue weighted by molar-refractivity contribution is -0.121. The number of carbonyl (C=O) groups excluding carboxylic acids is 3. The molecule has 0 saturated carbocycles. The molecule has 0 radical (unpaired) electrons. The number of nitrogens with two attached hydrogens (primary N) is 6. The van der Waals surface area contributed by atoms with E-state index in [1.807, 2.05) is 51.1 Å². The molecule has 0 heterocycles. The van der Waals surface area contributed by atoms with E-state index in [4.69, 9.17) is 45.2 Å². The van der Waals surface area contributed by atoms with Crippen LogP contribution in [0.5, 0.6) is 0 Å². The largest absolute Gasteiger partial charge is 0.380 e. The maximum absolute atomic E-state index is 14.0. The maximum atomic E-state index is 14.0. The minimum Gasteiger partial charge on any atom is -0.380 e. The summed E-state index contributed by atoms with van der Waals surface area (Å²) in [4.78, 5) is 42.1. The Morgan fingerprint density at radius 3 is 1.92 bits per heavy atom. The van der Waals surface area contributed by atoms with Crippen molar-refractivity contribution in [2.75, 3.05) is 48.3 Å². The van der Waals surface area contributed by atoms with Crippen molar-refractivity contribution in [3.8, 4) is 0 Å². The molecule has 20 N–H and O–H groups in total. The van der Waals surface area contributed by atoms with E-state index in [1.165, 1.54) is 23.5 Å². The zero-order valence-electron chi connectivity index (χ0n) is 37.8. The third-order valence-corrected chi connectivity index (χ3v) is 11.5. The van der Waals surface area contributed by atoms with Crippen LogP contribution in [0.2, 0.25) is 0 Å². The van der Waals surface area contributed by atoms with Gasteiger partial charge in [-0.3, -0.25) is 25.2 Å². The average Bonchev–Trinajstić information content (AvgIpc) is 3.20. The molecule has 0 saturated heterocycles. The molecule has 0 aliphatic heterocycles. The molecule has 2 aromatic rings. The number of anilines is 2. The predicted octanol–water partition coefficient (Wildman–Crippen LogP) is 3.63. The van der Waals surface area contributed by atoms with Gasteiger partial charge >= 0.3 is 0 Å². The Balaban J connectivity index is 2.43. The van der Waals surface area contributed by atoms with Gasteiger partial charge in [-0.1, -0.05) is 66.3 Å². The van der Waals surface area contributed by atoms with Gasteiger partial charge in [0, 0.05) is 55.5 Å². The van der Waals surface area contributed by atoms with E-state index < -0.39 is 12.1 Å². The van der Waals surface area contributed by atoms with E-state index in [0.29, 0.717) is 108 Å². The average molecular weight is 909 g/mol. The maximum Gasteiger partial charge on any atom is 0.255 e. The fourth-order valence-corrected chi connectivity index (χ4v) is 7.36. The first kappa shape index (κ1) is 54.1. The number of amides is 3. The third kappa shape index (κ3) is 20.3. The molecule has 3 amide bonds. The molecule has 63 heavy (non-hydrogen) atoms.